The maximum atomic E-state index is 12.7. The Morgan fingerprint density at radius 2 is 1.72 bits per heavy atom. The minimum absolute atomic E-state index is 0.0391. The molecule has 0 saturated carbocycles. The number of carbonyl (C=O) groups excluding carboxylic acids is 1. The fraction of sp³-hybridized carbons (Fsp3) is 0.211. The average Bonchev–Trinajstić information content (AvgIpc) is 3.10. The van der Waals surface area contributed by atoms with Crippen LogP contribution < -0.4 is 4.90 Å². The summed E-state index contributed by atoms with van der Waals surface area (Å²) in [6, 6.07) is 19.6. The molecule has 1 aromatic heterocycles. The van der Waals surface area contributed by atoms with Crippen molar-refractivity contribution >= 4 is 23.4 Å². The lowest BCUT2D eigenvalue weighted by Gasteiger charge is -2.26. The fourth-order valence-corrected chi connectivity index (χ4v) is 3.21. The third-order valence-electron chi connectivity index (χ3n) is 3.66. The van der Waals surface area contributed by atoms with Gasteiger partial charge in [-0.15, -0.1) is 5.10 Å². The van der Waals surface area contributed by atoms with Gasteiger partial charge in [-0.3, -0.25) is 9.89 Å². The normalized spacial score (nSPS) is 10.8. The van der Waals surface area contributed by atoms with Crippen LogP contribution in [-0.2, 0) is 4.79 Å². The van der Waals surface area contributed by atoms with Crippen molar-refractivity contribution in [2.24, 2.45) is 0 Å². The molecule has 3 rings (SSSR count). The van der Waals surface area contributed by atoms with E-state index >= 15 is 0 Å². The summed E-state index contributed by atoms with van der Waals surface area (Å²) in [5, 5.41) is 7.69. The molecule has 0 fully saturated rings. The molecule has 0 aliphatic carbocycles. The van der Waals surface area contributed by atoms with Gasteiger partial charge in [0, 0.05) is 17.3 Å². The van der Waals surface area contributed by atoms with Crippen molar-refractivity contribution in [3.05, 3.63) is 60.7 Å². The van der Waals surface area contributed by atoms with Crippen LogP contribution in [0.5, 0.6) is 0 Å². The molecule has 0 aliphatic heterocycles. The van der Waals surface area contributed by atoms with Crippen LogP contribution in [0.4, 0.5) is 5.69 Å². The smallest absolute Gasteiger partial charge is 0.237 e. The molecule has 128 valence electrons. The van der Waals surface area contributed by atoms with Crippen LogP contribution in [0.25, 0.3) is 11.4 Å². The SMILES string of the molecule is CC(C)N(C(=O)CSc1n[nH]c(-c2ccccc2)n1)c1ccccc1. The molecule has 1 heterocycles. The van der Waals surface area contributed by atoms with Gasteiger partial charge in [-0.25, -0.2) is 4.98 Å². The first-order valence-electron chi connectivity index (χ1n) is 8.13. The van der Waals surface area contributed by atoms with Gasteiger partial charge in [-0.1, -0.05) is 60.3 Å². The van der Waals surface area contributed by atoms with Crippen LogP contribution in [0.2, 0.25) is 0 Å². The molecule has 6 heteroatoms. The Morgan fingerprint density at radius 3 is 2.36 bits per heavy atom. The van der Waals surface area contributed by atoms with Crippen molar-refractivity contribution < 1.29 is 4.79 Å². The second kappa shape index (κ2) is 7.98. The number of aromatic amines is 1. The molecule has 5 nitrogen and oxygen atoms in total. The predicted octanol–water partition coefficient (Wildman–Crippen LogP) is 4.01. The summed E-state index contributed by atoms with van der Waals surface area (Å²) in [6.07, 6.45) is 0. The van der Waals surface area contributed by atoms with Crippen molar-refractivity contribution in [2.45, 2.75) is 25.0 Å². The van der Waals surface area contributed by atoms with Crippen LogP contribution in [-0.4, -0.2) is 32.9 Å². The van der Waals surface area contributed by atoms with E-state index in [0.717, 1.165) is 11.3 Å². The molecule has 25 heavy (non-hydrogen) atoms. The molecule has 1 amide bonds. The number of benzene rings is 2. The summed E-state index contributed by atoms with van der Waals surface area (Å²) >= 11 is 1.34. The van der Waals surface area contributed by atoms with Gasteiger partial charge in [0.15, 0.2) is 5.82 Å². The zero-order valence-corrected chi connectivity index (χ0v) is 15.0. The zero-order valence-electron chi connectivity index (χ0n) is 14.2. The van der Waals surface area contributed by atoms with Crippen molar-refractivity contribution in [2.75, 3.05) is 10.7 Å². The van der Waals surface area contributed by atoms with E-state index < -0.39 is 0 Å². The Bertz CT molecular complexity index is 818. The Morgan fingerprint density at radius 1 is 1.08 bits per heavy atom. The highest BCUT2D eigenvalue weighted by Gasteiger charge is 2.19. The summed E-state index contributed by atoms with van der Waals surface area (Å²) in [5.41, 5.74) is 1.88. The second-order valence-corrected chi connectivity index (χ2v) is 6.76. The Kier molecular flexibility index (Phi) is 5.50. The number of nitrogens with zero attached hydrogens (tertiary/aromatic N) is 3. The van der Waals surface area contributed by atoms with Crippen LogP contribution in [0.1, 0.15) is 13.8 Å². The largest absolute Gasteiger partial charge is 0.309 e. The molecule has 0 radical (unpaired) electrons. The number of aromatic nitrogens is 3. The summed E-state index contributed by atoms with van der Waals surface area (Å²) in [7, 11) is 0. The van der Waals surface area contributed by atoms with E-state index in [4.69, 9.17) is 0 Å². The third kappa shape index (κ3) is 4.28. The Balaban J connectivity index is 1.66. The summed E-state index contributed by atoms with van der Waals surface area (Å²) in [4.78, 5) is 18.9. The Hall–Kier alpha value is -2.60. The van der Waals surface area contributed by atoms with E-state index in [1.807, 2.05) is 74.5 Å². The van der Waals surface area contributed by atoms with Gasteiger partial charge in [0.2, 0.25) is 11.1 Å². The number of H-pyrrole nitrogens is 1. The first kappa shape index (κ1) is 17.2. The zero-order chi connectivity index (χ0) is 17.6. The summed E-state index contributed by atoms with van der Waals surface area (Å²) < 4.78 is 0. The molecular weight excluding hydrogens is 332 g/mol. The van der Waals surface area contributed by atoms with Crippen LogP contribution in [0, 0.1) is 0 Å². The van der Waals surface area contributed by atoms with Crippen LogP contribution >= 0.6 is 11.8 Å². The lowest BCUT2D eigenvalue weighted by atomic mass is 10.2. The number of para-hydroxylation sites is 1. The lowest BCUT2D eigenvalue weighted by Crippen LogP contribution is -2.38. The first-order valence-corrected chi connectivity index (χ1v) is 9.11. The molecule has 0 aliphatic rings. The minimum atomic E-state index is 0.0391. The van der Waals surface area contributed by atoms with Crippen LogP contribution in [0.15, 0.2) is 65.8 Å². The topological polar surface area (TPSA) is 61.9 Å². The number of anilines is 1. The highest BCUT2D eigenvalue weighted by Crippen LogP contribution is 2.22. The summed E-state index contributed by atoms with van der Waals surface area (Å²) in [5.74, 6) is 1.04. The van der Waals surface area contributed by atoms with Crippen molar-refractivity contribution in [3.8, 4) is 11.4 Å². The molecule has 1 N–H and O–H groups in total. The quantitative estimate of drug-likeness (QED) is 0.681. The number of carbonyl (C=O) groups is 1. The second-order valence-electron chi connectivity index (χ2n) is 5.81. The van der Waals surface area contributed by atoms with Gasteiger partial charge in [0.05, 0.1) is 5.75 Å². The van der Waals surface area contributed by atoms with E-state index in [0.29, 0.717) is 16.7 Å². The molecule has 0 unspecified atom stereocenters. The van der Waals surface area contributed by atoms with E-state index in [9.17, 15) is 4.79 Å². The molecule has 0 atom stereocenters. The summed E-state index contributed by atoms with van der Waals surface area (Å²) in [6.45, 7) is 4.02. The van der Waals surface area contributed by atoms with Gasteiger partial charge in [-0.2, -0.15) is 0 Å². The van der Waals surface area contributed by atoms with Gasteiger partial charge in [0.1, 0.15) is 0 Å². The monoisotopic (exact) mass is 352 g/mol. The number of hydrogen-bond acceptors (Lipinski definition) is 4. The van der Waals surface area contributed by atoms with Gasteiger partial charge >= 0.3 is 0 Å². The number of thioether (sulfide) groups is 1. The average molecular weight is 352 g/mol. The van der Waals surface area contributed by atoms with E-state index in [1.165, 1.54) is 11.8 Å². The standard InChI is InChI=1S/C19H20N4OS/c1-14(2)23(16-11-7-4-8-12-16)17(24)13-25-19-20-18(21-22-19)15-9-5-3-6-10-15/h3-12,14H,13H2,1-2H3,(H,20,21,22). The van der Waals surface area contributed by atoms with Crippen molar-refractivity contribution in [3.63, 3.8) is 0 Å². The van der Waals surface area contributed by atoms with Gasteiger partial charge in [-0.05, 0) is 26.0 Å². The van der Waals surface area contributed by atoms with Crippen molar-refractivity contribution in [1.82, 2.24) is 15.2 Å². The predicted molar refractivity (Wildman–Crippen MR) is 102 cm³/mol. The van der Waals surface area contributed by atoms with Gasteiger partial charge < -0.3 is 4.90 Å². The van der Waals surface area contributed by atoms with E-state index in [1.54, 1.807) is 4.90 Å². The maximum absolute atomic E-state index is 12.7. The van der Waals surface area contributed by atoms with Crippen molar-refractivity contribution in [1.29, 1.82) is 0 Å². The minimum Gasteiger partial charge on any atom is -0.309 e. The molecule has 0 bridgehead atoms. The number of nitrogens with one attached hydrogen (secondary N) is 1. The highest BCUT2D eigenvalue weighted by molar-refractivity contribution is 7.99. The number of amides is 1. The highest BCUT2D eigenvalue weighted by atomic mass is 32.2. The molecule has 3 aromatic rings. The van der Waals surface area contributed by atoms with Gasteiger partial charge in [0.25, 0.3) is 0 Å². The third-order valence-corrected chi connectivity index (χ3v) is 4.49. The molecule has 0 saturated heterocycles. The molecular formula is C19H20N4OS. The molecule has 0 spiro atoms. The lowest BCUT2D eigenvalue weighted by molar-refractivity contribution is -0.116. The van der Waals surface area contributed by atoms with E-state index in [-0.39, 0.29) is 11.9 Å². The maximum Gasteiger partial charge on any atom is 0.237 e. The molecule has 2 aromatic carbocycles. The number of rotatable bonds is 6. The number of hydrogen-bond donors (Lipinski definition) is 1. The van der Waals surface area contributed by atoms with Crippen LogP contribution in [0.3, 0.4) is 0 Å². The Labute approximate surface area is 151 Å². The first-order chi connectivity index (χ1) is 12.1. The van der Waals surface area contributed by atoms with E-state index in [2.05, 4.69) is 15.2 Å². The fourth-order valence-electron chi connectivity index (χ4n) is 2.55.